The zero-order valence-electron chi connectivity index (χ0n) is 20.9. The summed E-state index contributed by atoms with van der Waals surface area (Å²) < 4.78 is 19.5. The van der Waals surface area contributed by atoms with E-state index in [2.05, 4.69) is 20.6 Å². The maximum Gasteiger partial charge on any atom is 0.248 e. The van der Waals surface area contributed by atoms with E-state index in [1.165, 1.54) is 24.5 Å². The summed E-state index contributed by atoms with van der Waals surface area (Å²) in [6.45, 7) is 1.29. The minimum Gasteiger partial charge on any atom is -0.374 e. The lowest BCUT2D eigenvalue weighted by Crippen LogP contribution is -2.18. The Labute approximate surface area is 216 Å². The van der Waals surface area contributed by atoms with Crippen molar-refractivity contribution in [3.05, 3.63) is 108 Å². The second-order valence-electron chi connectivity index (χ2n) is 8.86. The highest BCUT2D eigenvalue weighted by molar-refractivity contribution is 6.01. The van der Waals surface area contributed by atoms with Crippen LogP contribution < -0.4 is 10.6 Å². The molecular weight excluding hydrogens is 469 g/mol. The van der Waals surface area contributed by atoms with Gasteiger partial charge in [-0.1, -0.05) is 48.5 Å². The molecule has 0 radical (unpaired) electrons. The molecule has 37 heavy (non-hydrogen) atoms. The fourth-order valence-corrected chi connectivity index (χ4v) is 3.80. The van der Waals surface area contributed by atoms with E-state index in [1.54, 1.807) is 12.1 Å². The van der Waals surface area contributed by atoms with E-state index in [9.17, 15) is 9.18 Å². The van der Waals surface area contributed by atoms with Gasteiger partial charge in [0.05, 0.1) is 24.8 Å². The van der Waals surface area contributed by atoms with Crippen LogP contribution in [-0.2, 0) is 16.1 Å². The molecule has 0 saturated heterocycles. The van der Waals surface area contributed by atoms with Crippen molar-refractivity contribution in [1.82, 2.24) is 14.9 Å². The summed E-state index contributed by atoms with van der Waals surface area (Å²) in [6, 6.07) is 21.6. The molecule has 0 fully saturated rings. The highest BCUT2D eigenvalue weighted by Crippen LogP contribution is 2.27. The van der Waals surface area contributed by atoms with Gasteiger partial charge in [-0.2, -0.15) is 0 Å². The standard InChI is InChI=1S/C29H30FN5O2/c1-35(2)15-7-12-28(36)33-24-13-14-26-25(17-24)29(32-20-31-26)34-27(22-9-4-3-5-10-22)19-37-18-21-8-6-11-23(30)16-21/h3-14,16-17,20,27H,15,18-19H2,1-2H3,(H,33,36)(H,31,32,34). The van der Waals surface area contributed by atoms with Crippen LogP contribution in [0.4, 0.5) is 15.9 Å². The van der Waals surface area contributed by atoms with E-state index in [-0.39, 0.29) is 24.4 Å². The molecule has 0 bridgehead atoms. The van der Waals surface area contributed by atoms with Crippen LogP contribution in [-0.4, -0.2) is 48.0 Å². The van der Waals surface area contributed by atoms with Gasteiger partial charge in [-0.15, -0.1) is 0 Å². The molecule has 1 unspecified atom stereocenters. The summed E-state index contributed by atoms with van der Waals surface area (Å²) in [7, 11) is 3.88. The minimum absolute atomic E-state index is 0.208. The fraction of sp³-hybridized carbons (Fsp3) is 0.207. The van der Waals surface area contributed by atoms with Gasteiger partial charge in [0, 0.05) is 23.7 Å². The third-order valence-corrected chi connectivity index (χ3v) is 5.60. The quantitative estimate of drug-likeness (QED) is 0.276. The van der Waals surface area contributed by atoms with Crippen molar-refractivity contribution in [3.63, 3.8) is 0 Å². The van der Waals surface area contributed by atoms with Crippen LogP contribution in [0.1, 0.15) is 17.2 Å². The molecule has 1 heterocycles. The van der Waals surface area contributed by atoms with E-state index in [0.29, 0.717) is 24.7 Å². The van der Waals surface area contributed by atoms with E-state index >= 15 is 0 Å². The number of fused-ring (bicyclic) bond motifs is 1. The first-order valence-corrected chi connectivity index (χ1v) is 12.0. The van der Waals surface area contributed by atoms with Gasteiger partial charge < -0.3 is 20.3 Å². The van der Waals surface area contributed by atoms with Crippen LogP contribution in [0.5, 0.6) is 0 Å². The van der Waals surface area contributed by atoms with E-state index in [0.717, 1.165) is 22.0 Å². The Kier molecular flexibility index (Phi) is 8.91. The molecule has 0 aliphatic heterocycles. The molecule has 2 N–H and O–H groups in total. The molecule has 3 aromatic carbocycles. The van der Waals surface area contributed by atoms with Crippen molar-refractivity contribution in [2.45, 2.75) is 12.6 Å². The van der Waals surface area contributed by atoms with Gasteiger partial charge in [0.15, 0.2) is 0 Å². The van der Waals surface area contributed by atoms with Gasteiger partial charge in [0.25, 0.3) is 0 Å². The molecule has 1 aromatic heterocycles. The van der Waals surface area contributed by atoms with Gasteiger partial charge in [0.1, 0.15) is 18.0 Å². The number of anilines is 2. The summed E-state index contributed by atoms with van der Waals surface area (Å²) in [6.07, 6.45) is 4.83. The van der Waals surface area contributed by atoms with Crippen LogP contribution >= 0.6 is 0 Å². The Morgan fingerprint density at radius 3 is 2.68 bits per heavy atom. The van der Waals surface area contributed by atoms with Crippen molar-refractivity contribution in [2.75, 3.05) is 37.9 Å². The van der Waals surface area contributed by atoms with Crippen molar-refractivity contribution in [2.24, 2.45) is 0 Å². The third kappa shape index (κ3) is 7.67. The normalized spacial score (nSPS) is 12.2. The number of carbonyl (C=O) groups excluding carboxylic acids is 1. The zero-order valence-corrected chi connectivity index (χ0v) is 20.9. The Morgan fingerprint density at radius 2 is 1.89 bits per heavy atom. The van der Waals surface area contributed by atoms with E-state index in [4.69, 9.17) is 4.74 Å². The van der Waals surface area contributed by atoms with Crippen LogP contribution in [0.3, 0.4) is 0 Å². The van der Waals surface area contributed by atoms with Crippen molar-refractivity contribution in [1.29, 1.82) is 0 Å². The van der Waals surface area contributed by atoms with Crippen molar-refractivity contribution < 1.29 is 13.9 Å². The molecule has 190 valence electrons. The van der Waals surface area contributed by atoms with E-state index < -0.39 is 0 Å². The smallest absolute Gasteiger partial charge is 0.248 e. The lowest BCUT2D eigenvalue weighted by atomic mass is 10.1. The molecular formula is C29H30FN5O2. The molecule has 8 heteroatoms. The lowest BCUT2D eigenvalue weighted by Gasteiger charge is -2.21. The number of aromatic nitrogens is 2. The highest BCUT2D eigenvalue weighted by atomic mass is 19.1. The SMILES string of the molecule is CN(C)CC=CC(=O)Nc1ccc2ncnc(NC(COCc3cccc(F)c3)c3ccccc3)c2c1. The summed E-state index contributed by atoms with van der Waals surface area (Å²) in [4.78, 5) is 23.2. The average molecular weight is 500 g/mol. The average Bonchev–Trinajstić information content (AvgIpc) is 2.88. The molecule has 4 aromatic rings. The summed E-state index contributed by atoms with van der Waals surface area (Å²) in [5.74, 6) is 0.121. The molecule has 1 atom stereocenters. The van der Waals surface area contributed by atoms with Gasteiger partial charge in [-0.25, -0.2) is 14.4 Å². The lowest BCUT2D eigenvalue weighted by molar-refractivity contribution is -0.111. The Bertz CT molecular complexity index is 1360. The highest BCUT2D eigenvalue weighted by Gasteiger charge is 2.15. The number of nitrogens with zero attached hydrogens (tertiary/aromatic N) is 3. The Balaban J connectivity index is 1.53. The number of likely N-dealkylation sites (N-methyl/N-ethyl adjacent to an activating group) is 1. The van der Waals surface area contributed by atoms with Crippen molar-refractivity contribution in [3.8, 4) is 0 Å². The number of carbonyl (C=O) groups is 1. The molecule has 0 spiro atoms. The zero-order chi connectivity index (χ0) is 26.0. The van der Waals surface area contributed by atoms with Crippen LogP contribution in [0.25, 0.3) is 10.9 Å². The maximum absolute atomic E-state index is 13.5. The topological polar surface area (TPSA) is 79.4 Å². The summed E-state index contributed by atoms with van der Waals surface area (Å²) in [5, 5.41) is 7.14. The third-order valence-electron chi connectivity index (χ3n) is 5.60. The monoisotopic (exact) mass is 499 g/mol. The summed E-state index contributed by atoms with van der Waals surface area (Å²) in [5.41, 5.74) is 3.16. The number of ether oxygens (including phenoxy) is 1. The van der Waals surface area contributed by atoms with Gasteiger partial charge in [-0.05, 0) is 55.6 Å². The molecule has 4 rings (SSSR count). The summed E-state index contributed by atoms with van der Waals surface area (Å²) >= 11 is 0. The van der Waals surface area contributed by atoms with Crippen molar-refractivity contribution >= 4 is 28.3 Å². The Hall–Kier alpha value is -4.14. The number of benzene rings is 3. The van der Waals surface area contributed by atoms with Crippen LogP contribution in [0.15, 0.2) is 91.3 Å². The second kappa shape index (κ2) is 12.7. The maximum atomic E-state index is 13.5. The fourth-order valence-electron chi connectivity index (χ4n) is 3.80. The largest absolute Gasteiger partial charge is 0.374 e. The first-order chi connectivity index (χ1) is 18.0. The number of amides is 1. The van der Waals surface area contributed by atoms with Gasteiger partial charge in [-0.3, -0.25) is 4.79 Å². The molecule has 1 amide bonds. The van der Waals surface area contributed by atoms with E-state index in [1.807, 2.05) is 73.6 Å². The first-order valence-electron chi connectivity index (χ1n) is 12.0. The van der Waals surface area contributed by atoms with Crippen LogP contribution in [0.2, 0.25) is 0 Å². The predicted molar refractivity (Wildman–Crippen MR) is 145 cm³/mol. The van der Waals surface area contributed by atoms with Gasteiger partial charge >= 0.3 is 0 Å². The first kappa shape index (κ1) is 25.9. The predicted octanol–water partition coefficient (Wildman–Crippen LogP) is 5.20. The molecule has 0 aliphatic rings. The second-order valence-corrected chi connectivity index (χ2v) is 8.86. The number of halogens is 1. The molecule has 0 saturated carbocycles. The number of rotatable bonds is 11. The molecule has 0 aliphatic carbocycles. The number of hydrogen-bond acceptors (Lipinski definition) is 6. The number of nitrogens with one attached hydrogen (secondary N) is 2. The van der Waals surface area contributed by atoms with Gasteiger partial charge in [0.2, 0.25) is 5.91 Å². The van der Waals surface area contributed by atoms with Crippen LogP contribution in [0, 0.1) is 5.82 Å². The Morgan fingerprint density at radius 1 is 1.05 bits per heavy atom. The molecule has 7 nitrogen and oxygen atoms in total. The number of hydrogen-bond donors (Lipinski definition) is 2. The minimum atomic E-state index is -0.289.